The standard InChI is InChI=1S/C16H21N3O2S/c1-11-14(22-10-17-11)12-6-8-13(9-7-12)19(5)18-15(20)21-16(2,3)4/h6-10H,1-5H3,(H,18,20). The van der Waals surface area contributed by atoms with Gasteiger partial charge in [0.2, 0.25) is 0 Å². The van der Waals surface area contributed by atoms with Crippen molar-refractivity contribution in [3.8, 4) is 10.4 Å². The summed E-state index contributed by atoms with van der Waals surface area (Å²) in [6, 6.07) is 7.93. The van der Waals surface area contributed by atoms with Crippen LogP contribution in [-0.2, 0) is 4.74 Å². The van der Waals surface area contributed by atoms with Crippen molar-refractivity contribution in [3.05, 3.63) is 35.5 Å². The molecule has 6 heteroatoms. The molecule has 0 fully saturated rings. The molecule has 0 saturated heterocycles. The molecule has 0 aliphatic carbocycles. The van der Waals surface area contributed by atoms with E-state index in [4.69, 9.17) is 4.74 Å². The Morgan fingerprint density at radius 1 is 1.27 bits per heavy atom. The summed E-state index contributed by atoms with van der Waals surface area (Å²) in [7, 11) is 1.77. The second-order valence-electron chi connectivity index (χ2n) is 5.99. The Labute approximate surface area is 134 Å². The number of carbonyl (C=O) groups is 1. The van der Waals surface area contributed by atoms with Crippen LogP contribution in [0.3, 0.4) is 0 Å². The lowest BCUT2D eigenvalue weighted by Gasteiger charge is -2.24. The lowest BCUT2D eigenvalue weighted by molar-refractivity contribution is 0.0524. The molecule has 1 N–H and O–H groups in total. The summed E-state index contributed by atoms with van der Waals surface area (Å²) >= 11 is 1.62. The number of hydrogen-bond donors (Lipinski definition) is 1. The van der Waals surface area contributed by atoms with E-state index >= 15 is 0 Å². The first kappa shape index (κ1) is 16.3. The van der Waals surface area contributed by atoms with Crippen LogP contribution in [0.1, 0.15) is 26.5 Å². The fraction of sp³-hybridized carbons (Fsp3) is 0.375. The van der Waals surface area contributed by atoms with Gasteiger partial charge in [0.05, 0.1) is 21.8 Å². The van der Waals surface area contributed by atoms with Crippen LogP contribution < -0.4 is 10.4 Å². The summed E-state index contributed by atoms with van der Waals surface area (Å²) in [4.78, 5) is 17.2. The molecule has 0 spiro atoms. The molecule has 0 aliphatic heterocycles. The van der Waals surface area contributed by atoms with Crippen LogP contribution in [0.2, 0.25) is 0 Å². The zero-order chi connectivity index (χ0) is 16.3. The van der Waals surface area contributed by atoms with E-state index < -0.39 is 11.7 Å². The number of carbonyl (C=O) groups excluding carboxylic acids is 1. The highest BCUT2D eigenvalue weighted by Gasteiger charge is 2.17. The molecule has 0 unspecified atom stereocenters. The smallest absolute Gasteiger partial charge is 0.426 e. The highest BCUT2D eigenvalue weighted by molar-refractivity contribution is 7.13. The molecule has 1 amide bonds. The van der Waals surface area contributed by atoms with Crippen molar-refractivity contribution in [2.75, 3.05) is 12.1 Å². The van der Waals surface area contributed by atoms with E-state index in [2.05, 4.69) is 10.4 Å². The Kier molecular flexibility index (Phi) is 4.71. The number of amides is 1. The molecule has 1 aromatic carbocycles. The minimum Gasteiger partial charge on any atom is -0.443 e. The van der Waals surface area contributed by atoms with Crippen LogP contribution in [0.4, 0.5) is 10.5 Å². The van der Waals surface area contributed by atoms with E-state index in [9.17, 15) is 4.79 Å². The van der Waals surface area contributed by atoms with Crippen molar-refractivity contribution in [2.45, 2.75) is 33.3 Å². The predicted octanol–water partition coefficient (Wildman–Crippen LogP) is 3.99. The minimum atomic E-state index is -0.515. The quantitative estimate of drug-likeness (QED) is 0.869. The number of hydrogen-bond acceptors (Lipinski definition) is 5. The molecular weight excluding hydrogens is 298 g/mol. The van der Waals surface area contributed by atoms with Crippen LogP contribution in [0.25, 0.3) is 10.4 Å². The van der Waals surface area contributed by atoms with Gasteiger partial charge in [-0.15, -0.1) is 11.3 Å². The van der Waals surface area contributed by atoms with Gasteiger partial charge in [-0.2, -0.15) is 0 Å². The number of hydrazine groups is 1. The fourth-order valence-electron chi connectivity index (χ4n) is 1.92. The van der Waals surface area contributed by atoms with Gasteiger partial charge in [-0.25, -0.2) is 15.2 Å². The van der Waals surface area contributed by atoms with Crippen LogP contribution >= 0.6 is 11.3 Å². The molecule has 2 aromatic rings. The zero-order valence-electron chi connectivity index (χ0n) is 13.5. The van der Waals surface area contributed by atoms with Gasteiger partial charge in [0.15, 0.2) is 0 Å². The molecule has 1 aromatic heterocycles. The van der Waals surface area contributed by atoms with Crippen molar-refractivity contribution in [1.82, 2.24) is 10.4 Å². The third-order valence-electron chi connectivity index (χ3n) is 2.92. The zero-order valence-corrected chi connectivity index (χ0v) is 14.3. The Morgan fingerprint density at radius 3 is 2.41 bits per heavy atom. The summed E-state index contributed by atoms with van der Waals surface area (Å²) in [5, 5.41) is 1.64. The lowest BCUT2D eigenvalue weighted by Crippen LogP contribution is -2.42. The van der Waals surface area contributed by atoms with Gasteiger partial charge in [-0.3, -0.25) is 5.01 Å². The van der Waals surface area contributed by atoms with Crippen molar-refractivity contribution < 1.29 is 9.53 Å². The summed E-state index contributed by atoms with van der Waals surface area (Å²) < 4.78 is 5.23. The Balaban J connectivity index is 2.04. The van der Waals surface area contributed by atoms with Crippen molar-refractivity contribution >= 4 is 23.1 Å². The molecular formula is C16H21N3O2S. The summed E-state index contributed by atoms with van der Waals surface area (Å²) in [6.07, 6.45) is -0.475. The molecule has 0 aliphatic rings. The highest BCUT2D eigenvalue weighted by Crippen LogP contribution is 2.28. The number of ether oxygens (including phenoxy) is 1. The van der Waals surface area contributed by atoms with Gasteiger partial charge in [0.25, 0.3) is 0 Å². The number of anilines is 1. The van der Waals surface area contributed by atoms with Crippen molar-refractivity contribution in [1.29, 1.82) is 0 Å². The second kappa shape index (κ2) is 6.36. The molecule has 0 radical (unpaired) electrons. The second-order valence-corrected chi connectivity index (χ2v) is 6.84. The number of rotatable bonds is 3. The molecule has 118 valence electrons. The largest absolute Gasteiger partial charge is 0.443 e. The number of benzene rings is 1. The van der Waals surface area contributed by atoms with Gasteiger partial charge < -0.3 is 4.74 Å². The average molecular weight is 319 g/mol. The number of aromatic nitrogens is 1. The highest BCUT2D eigenvalue weighted by atomic mass is 32.1. The lowest BCUT2D eigenvalue weighted by atomic mass is 10.1. The molecule has 5 nitrogen and oxygen atoms in total. The summed E-state index contributed by atoms with van der Waals surface area (Å²) in [5.41, 5.74) is 7.03. The normalized spacial score (nSPS) is 11.1. The fourth-order valence-corrected chi connectivity index (χ4v) is 2.73. The van der Waals surface area contributed by atoms with Gasteiger partial charge in [-0.1, -0.05) is 12.1 Å². The van der Waals surface area contributed by atoms with Gasteiger partial charge in [-0.05, 0) is 45.4 Å². The van der Waals surface area contributed by atoms with Gasteiger partial charge >= 0.3 is 6.09 Å². The molecule has 22 heavy (non-hydrogen) atoms. The maximum Gasteiger partial charge on any atom is 0.426 e. The molecule has 2 rings (SSSR count). The Morgan fingerprint density at radius 2 is 1.91 bits per heavy atom. The van der Waals surface area contributed by atoms with Crippen molar-refractivity contribution in [3.63, 3.8) is 0 Å². The first-order valence-electron chi connectivity index (χ1n) is 7.00. The molecule has 0 saturated carbocycles. The topological polar surface area (TPSA) is 54.5 Å². The van der Waals surface area contributed by atoms with E-state index in [-0.39, 0.29) is 0 Å². The van der Waals surface area contributed by atoms with E-state index in [1.807, 2.05) is 57.5 Å². The maximum atomic E-state index is 11.8. The number of nitrogens with zero attached hydrogens (tertiary/aromatic N) is 2. The first-order chi connectivity index (χ1) is 10.3. The third kappa shape index (κ3) is 4.21. The van der Waals surface area contributed by atoms with E-state index in [0.29, 0.717) is 0 Å². The maximum absolute atomic E-state index is 11.8. The number of thiazole rings is 1. The summed E-state index contributed by atoms with van der Waals surface area (Å²) in [6.45, 7) is 7.49. The average Bonchev–Trinajstić information content (AvgIpc) is 2.83. The summed E-state index contributed by atoms with van der Waals surface area (Å²) in [5.74, 6) is 0. The molecule has 0 atom stereocenters. The van der Waals surface area contributed by atoms with Crippen molar-refractivity contribution in [2.24, 2.45) is 0 Å². The van der Waals surface area contributed by atoms with E-state index in [1.54, 1.807) is 23.4 Å². The number of aryl methyl sites for hydroxylation is 1. The van der Waals surface area contributed by atoms with E-state index in [0.717, 1.165) is 21.8 Å². The molecule has 0 bridgehead atoms. The first-order valence-corrected chi connectivity index (χ1v) is 7.88. The SMILES string of the molecule is Cc1ncsc1-c1ccc(N(C)NC(=O)OC(C)(C)C)cc1. The Bertz CT molecular complexity index is 644. The molecule has 1 heterocycles. The van der Waals surface area contributed by atoms with Crippen LogP contribution in [0.15, 0.2) is 29.8 Å². The predicted molar refractivity (Wildman–Crippen MR) is 90.1 cm³/mol. The monoisotopic (exact) mass is 319 g/mol. The number of nitrogens with one attached hydrogen (secondary N) is 1. The third-order valence-corrected chi connectivity index (χ3v) is 3.90. The van der Waals surface area contributed by atoms with Gasteiger partial charge in [0, 0.05) is 7.05 Å². The van der Waals surface area contributed by atoms with Gasteiger partial charge in [0.1, 0.15) is 5.60 Å². The van der Waals surface area contributed by atoms with Crippen LogP contribution in [0, 0.1) is 6.92 Å². The van der Waals surface area contributed by atoms with Crippen LogP contribution in [-0.4, -0.2) is 23.7 Å². The van der Waals surface area contributed by atoms with Crippen LogP contribution in [0.5, 0.6) is 0 Å². The van der Waals surface area contributed by atoms with E-state index in [1.165, 1.54) is 0 Å². The Hall–Kier alpha value is -2.08. The minimum absolute atomic E-state index is 0.475.